The van der Waals surface area contributed by atoms with Crippen LogP contribution in [0.15, 0.2) is 29.6 Å². The number of nitrogens with two attached hydrogens (primary N) is 1. The van der Waals surface area contributed by atoms with Gasteiger partial charge in [0.05, 0.1) is 18.8 Å². The van der Waals surface area contributed by atoms with Gasteiger partial charge >= 0.3 is 0 Å². The average Bonchev–Trinajstić information content (AvgIpc) is 2.95. The fourth-order valence-corrected chi connectivity index (χ4v) is 2.66. The van der Waals surface area contributed by atoms with E-state index in [1.54, 1.807) is 7.11 Å². The number of anilines is 1. The fraction of sp³-hybridized carbons (Fsp3) is 0.333. The molecule has 0 aliphatic heterocycles. The van der Waals surface area contributed by atoms with Crippen LogP contribution in [0.5, 0.6) is 5.75 Å². The number of nitrogens with zero attached hydrogens (tertiary/aromatic N) is 1. The normalized spacial score (nSPS) is 11.4. The van der Waals surface area contributed by atoms with Gasteiger partial charge in [0.25, 0.3) is 0 Å². The van der Waals surface area contributed by atoms with E-state index in [1.807, 2.05) is 36.6 Å². The lowest BCUT2D eigenvalue weighted by molar-refractivity contribution is -0.117. The number of carbonyl (C=O) groups excluding carboxylic acids is 1. The highest BCUT2D eigenvalue weighted by Gasteiger charge is 2.15. The first-order valence-electron chi connectivity index (χ1n) is 6.81. The van der Waals surface area contributed by atoms with Gasteiger partial charge in [-0.25, -0.2) is 4.98 Å². The number of thiazole rings is 1. The number of aromatic nitrogens is 1. The van der Waals surface area contributed by atoms with E-state index >= 15 is 0 Å². The number of ether oxygens (including phenoxy) is 1. The van der Waals surface area contributed by atoms with Crippen molar-refractivity contribution < 1.29 is 9.53 Å². The molecule has 2 aromatic rings. The number of para-hydroxylation sites is 1. The second kappa shape index (κ2) is 8.73. The van der Waals surface area contributed by atoms with Gasteiger partial charge in [-0.2, -0.15) is 0 Å². The number of halogens is 1. The molecule has 0 bridgehead atoms. The summed E-state index contributed by atoms with van der Waals surface area (Å²) < 4.78 is 5.32. The first-order chi connectivity index (χ1) is 10.2. The minimum Gasteiger partial charge on any atom is -0.496 e. The Bertz CT molecular complexity index is 618. The van der Waals surface area contributed by atoms with Crippen molar-refractivity contribution in [2.75, 3.05) is 12.4 Å². The Kier molecular flexibility index (Phi) is 7.31. The minimum atomic E-state index is -0.492. The van der Waals surface area contributed by atoms with Crippen LogP contribution >= 0.6 is 23.7 Å². The van der Waals surface area contributed by atoms with Crippen molar-refractivity contribution in [3.05, 3.63) is 29.6 Å². The molecule has 120 valence electrons. The van der Waals surface area contributed by atoms with E-state index in [-0.39, 0.29) is 18.3 Å². The summed E-state index contributed by atoms with van der Waals surface area (Å²) in [5.41, 5.74) is 7.46. The highest BCUT2D eigenvalue weighted by Crippen LogP contribution is 2.31. The lowest BCUT2D eigenvalue weighted by Gasteiger charge is -2.08. The van der Waals surface area contributed by atoms with Gasteiger partial charge in [-0.1, -0.05) is 25.5 Å². The van der Waals surface area contributed by atoms with Crippen LogP contribution in [0, 0.1) is 0 Å². The quantitative estimate of drug-likeness (QED) is 0.845. The maximum atomic E-state index is 11.9. The van der Waals surface area contributed by atoms with Crippen molar-refractivity contribution >= 4 is 34.8 Å². The Morgan fingerprint density at radius 1 is 1.45 bits per heavy atom. The van der Waals surface area contributed by atoms with Gasteiger partial charge in [-0.3, -0.25) is 4.79 Å². The van der Waals surface area contributed by atoms with Crippen molar-refractivity contribution in [1.82, 2.24) is 4.98 Å². The fourth-order valence-electron chi connectivity index (χ4n) is 1.95. The molecule has 1 aromatic carbocycles. The van der Waals surface area contributed by atoms with Crippen LogP contribution < -0.4 is 15.8 Å². The Morgan fingerprint density at radius 2 is 2.18 bits per heavy atom. The maximum absolute atomic E-state index is 11.9. The Hall–Kier alpha value is -1.63. The summed E-state index contributed by atoms with van der Waals surface area (Å²) in [6.45, 7) is 2.00. The summed E-state index contributed by atoms with van der Waals surface area (Å²) in [5, 5.41) is 5.19. The van der Waals surface area contributed by atoms with Crippen molar-refractivity contribution in [2.24, 2.45) is 5.73 Å². The highest BCUT2D eigenvalue weighted by molar-refractivity contribution is 7.14. The van der Waals surface area contributed by atoms with Crippen LogP contribution in [0.25, 0.3) is 11.3 Å². The van der Waals surface area contributed by atoms with E-state index < -0.39 is 6.04 Å². The van der Waals surface area contributed by atoms with Crippen LogP contribution in [-0.4, -0.2) is 24.0 Å². The van der Waals surface area contributed by atoms with E-state index in [4.69, 9.17) is 10.5 Å². The predicted molar refractivity (Wildman–Crippen MR) is 92.9 cm³/mol. The zero-order chi connectivity index (χ0) is 15.2. The molecule has 0 fully saturated rings. The second-order valence-corrected chi connectivity index (χ2v) is 5.48. The molecule has 1 heterocycles. The standard InChI is InChI=1S/C15H19N3O2S.ClH/c1-3-6-11(16)14(19)18-15-17-12(9-21-15)10-7-4-5-8-13(10)20-2;/h4-5,7-9,11H,3,6,16H2,1-2H3,(H,17,18,19);1H. The number of carbonyl (C=O) groups is 1. The number of nitrogens with one attached hydrogen (secondary N) is 1. The predicted octanol–water partition coefficient (Wildman–Crippen LogP) is 3.31. The summed E-state index contributed by atoms with van der Waals surface area (Å²) in [4.78, 5) is 16.3. The number of hydrogen-bond donors (Lipinski definition) is 2. The van der Waals surface area contributed by atoms with E-state index in [9.17, 15) is 4.79 Å². The molecule has 0 aliphatic rings. The number of hydrogen-bond acceptors (Lipinski definition) is 5. The van der Waals surface area contributed by atoms with Crippen LogP contribution in [0.1, 0.15) is 19.8 Å². The van der Waals surface area contributed by atoms with Crippen LogP contribution in [0.4, 0.5) is 5.13 Å². The lowest BCUT2D eigenvalue weighted by atomic mass is 10.1. The molecule has 3 N–H and O–H groups in total. The van der Waals surface area contributed by atoms with E-state index in [0.717, 1.165) is 23.4 Å². The van der Waals surface area contributed by atoms with E-state index in [2.05, 4.69) is 10.3 Å². The molecule has 1 atom stereocenters. The first-order valence-corrected chi connectivity index (χ1v) is 7.69. The number of rotatable bonds is 6. The summed E-state index contributed by atoms with van der Waals surface area (Å²) in [6.07, 6.45) is 1.54. The molecular formula is C15H20ClN3O2S. The van der Waals surface area contributed by atoms with Crippen LogP contribution in [-0.2, 0) is 4.79 Å². The van der Waals surface area contributed by atoms with E-state index in [1.165, 1.54) is 11.3 Å². The molecule has 5 nitrogen and oxygen atoms in total. The Labute approximate surface area is 140 Å². The Morgan fingerprint density at radius 3 is 2.86 bits per heavy atom. The molecule has 0 saturated carbocycles. The summed E-state index contributed by atoms with van der Waals surface area (Å²) in [5.74, 6) is 0.557. The first kappa shape index (κ1) is 18.4. The molecular weight excluding hydrogens is 322 g/mol. The third-order valence-electron chi connectivity index (χ3n) is 3.05. The zero-order valence-electron chi connectivity index (χ0n) is 12.5. The molecule has 0 aliphatic carbocycles. The maximum Gasteiger partial charge on any atom is 0.243 e. The molecule has 22 heavy (non-hydrogen) atoms. The van der Waals surface area contributed by atoms with Crippen molar-refractivity contribution in [2.45, 2.75) is 25.8 Å². The van der Waals surface area contributed by atoms with E-state index in [0.29, 0.717) is 11.6 Å². The SMILES string of the molecule is CCCC(N)C(=O)Nc1nc(-c2ccccc2OC)cs1.Cl. The molecule has 0 radical (unpaired) electrons. The molecule has 0 spiro atoms. The molecule has 1 amide bonds. The second-order valence-electron chi connectivity index (χ2n) is 4.62. The van der Waals surface area contributed by atoms with Gasteiger partial charge in [0, 0.05) is 10.9 Å². The van der Waals surface area contributed by atoms with Gasteiger partial charge in [-0.15, -0.1) is 23.7 Å². The smallest absolute Gasteiger partial charge is 0.243 e. The number of benzene rings is 1. The molecule has 7 heteroatoms. The third-order valence-corrected chi connectivity index (χ3v) is 3.81. The molecule has 0 saturated heterocycles. The Balaban J connectivity index is 0.00000242. The zero-order valence-corrected chi connectivity index (χ0v) is 14.2. The highest BCUT2D eigenvalue weighted by atomic mass is 35.5. The van der Waals surface area contributed by atoms with Gasteiger partial charge in [-0.05, 0) is 18.6 Å². The van der Waals surface area contributed by atoms with Crippen molar-refractivity contribution in [3.63, 3.8) is 0 Å². The molecule has 2 rings (SSSR count). The topological polar surface area (TPSA) is 77.2 Å². The molecule has 1 unspecified atom stereocenters. The van der Waals surface area contributed by atoms with Crippen molar-refractivity contribution in [3.8, 4) is 17.0 Å². The minimum absolute atomic E-state index is 0. The van der Waals surface area contributed by atoms with Gasteiger partial charge in [0.2, 0.25) is 5.91 Å². The monoisotopic (exact) mass is 341 g/mol. The third kappa shape index (κ3) is 4.43. The van der Waals surface area contributed by atoms with Gasteiger partial charge in [0.15, 0.2) is 5.13 Å². The summed E-state index contributed by atoms with van der Waals surface area (Å²) in [6, 6.07) is 7.15. The number of amides is 1. The molecule has 1 aromatic heterocycles. The average molecular weight is 342 g/mol. The van der Waals surface area contributed by atoms with Gasteiger partial charge < -0.3 is 15.8 Å². The summed E-state index contributed by atoms with van der Waals surface area (Å²) in [7, 11) is 1.62. The van der Waals surface area contributed by atoms with Crippen LogP contribution in [0.3, 0.4) is 0 Å². The largest absolute Gasteiger partial charge is 0.496 e. The summed E-state index contributed by atoms with van der Waals surface area (Å²) >= 11 is 1.37. The van der Waals surface area contributed by atoms with Crippen LogP contribution in [0.2, 0.25) is 0 Å². The number of methoxy groups -OCH3 is 1. The lowest BCUT2D eigenvalue weighted by Crippen LogP contribution is -2.35. The van der Waals surface area contributed by atoms with Crippen molar-refractivity contribution in [1.29, 1.82) is 0 Å². The van der Waals surface area contributed by atoms with Gasteiger partial charge in [0.1, 0.15) is 5.75 Å².